The van der Waals surface area contributed by atoms with Crippen LogP contribution in [0.1, 0.15) is 36.8 Å². The van der Waals surface area contributed by atoms with Gasteiger partial charge >= 0.3 is 5.97 Å². The Morgan fingerprint density at radius 2 is 1.65 bits per heavy atom. The lowest BCUT2D eigenvalue weighted by molar-refractivity contribution is -0.148. The molecule has 3 heteroatoms. The Labute approximate surface area is 156 Å². The third-order valence-electron chi connectivity index (χ3n) is 5.02. The molecule has 0 spiro atoms. The molecule has 3 nitrogen and oxygen atoms in total. The fourth-order valence-corrected chi connectivity index (χ4v) is 3.67. The Morgan fingerprint density at radius 1 is 1.04 bits per heavy atom. The second kappa shape index (κ2) is 9.35. The van der Waals surface area contributed by atoms with Gasteiger partial charge in [-0.2, -0.15) is 0 Å². The maximum absolute atomic E-state index is 12.0. The fraction of sp³-hybridized carbons (Fsp3) is 0.348. The minimum Gasteiger partial charge on any atom is -0.468 e. The summed E-state index contributed by atoms with van der Waals surface area (Å²) < 4.78 is 4.99. The molecular formula is C23H27NO2. The van der Waals surface area contributed by atoms with E-state index in [0.29, 0.717) is 0 Å². The summed E-state index contributed by atoms with van der Waals surface area (Å²) in [5.41, 5.74) is 3.70. The van der Waals surface area contributed by atoms with E-state index in [-0.39, 0.29) is 12.0 Å². The molecule has 0 bridgehead atoms. The second-order valence-corrected chi connectivity index (χ2v) is 6.71. The summed E-state index contributed by atoms with van der Waals surface area (Å²) in [4.78, 5) is 14.3. The quantitative estimate of drug-likeness (QED) is 0.717. The van der Waals surface area contributed by atoms with E-state index in [1.807, 2.05) is 12.1 Å². The third kappa shape index (κ3) is 4.61. The van der Waals surface area contributed by atoms with Gasteiger partial charge in [0.15, 0.2) is 0 Å². The lowest BCUT2D eigenvalue weighted by Crippen LogP contribution is -2.45. The molecule has 0 aromatic heterocycles. The summed E-state index contributed by atoms with van der Waals surface area (Å²) in [5.74, 6) is -0.0972. The van der Waals surface area contributed by atoms with Crippen LogP contribution in [0.2, 0.25) is 0 Å². The van der Waals surface area contributed by atoms with Gasteiger partial charge in [-0.3, -0.25) is 9.69 Å². The molecule has 26 heavy (non-hydrogen) atoms. The molecule has 1 aliphatic heterocycles. The van der Waals surface area contributed by atoms with Crippen molar-refractivity contribution in [2.75, 3.05) is 20.2 Å². The smallest absolute Gasteiger partial charge is 0.323 e. The van der Waals surface area contributed by atoms with Crippen LogP contribution < -0.4 is 0 Å². The zero-order chi connectivity index (χ0) is 18.2. The van der Waals surface area contributed by atoms with Crippen LogP contribution in [0.4, 0.5) is 0 Å². The summed E-state index contributed by atoms with van der Waals surface area (Å²) in [6, 6.07) is 20.9. The van der Waals surface area contributed by atoms with Crippen LogP contribution >= 0.6 is 0 Å². The molecular weight excluding hydrogens is 322 g/mol. The number of carbonyl (C=O) groups is 1. The first-order valence-corrected chi connectivity index (χ1v) is 9.42. The van der Waals surface area contributed by atoms with Crippen molar-refractivity contribution < 1.29 is 9.53 Å². The molecule has 0 aliphatic carbocycles. The fourth-order valence-electron chi connectivity index (χ4n) is 3.67. The van der Waals surface area contributed by atoms with Crippen LogP contribution in [-0.4, -0.2) is 37.1 Å². The van der Waals surface area contributed by atoms with E-state index in [0.717, 1.165) is 38.8 Å². The van der Waals surface area contributed by atoms with E-state index in [9.17, 15) is 4.79 Å². The number of nitrogens with zero attached hydrogens (tertiary/aromatic N) is 1. The molecule has 0 N–H and O–H groups in total. The molecule has 0 saturated carbocycles. The van der Waals surface area contributed by atoms with Gasteiger partial charge in [-0.05, 0) is 42.5 Å². The lowest BCUT2D eigenvalue weighted by atomic mass is 9.96. The number of esters is 1. The van der Waals surface area contributed by atoms with Crippen molar-refractivity contribution in [2.45, 2.75) is 31.7 Å². The van der Waals surface area contributed by atoms with Crippen molar-refractivity contribution in [3.63, 3.8) is 0 Å². The molecule has 1 aliphatic rings. The molecule has 2 aromatic rings. The standard InChI is InChI=1S/C23H27NO2/c1-26-23(25)22-16-8-9-17-24(22)18-10-15-21(19-11-4-2-5-12-19)20-13-6-3-7-14-20/h2-7,11-15,22H,8-10,16-18H2,1H3. The van der Waals surface area contributed by atoms with E-state index >= 15 is 0 Å². The van der Waals surface area contributed by atoms with Crippen LogP contribution in [0.5, 0.6) is 0 Å². The van der Waals surface area contributed by atoms with E-state index in [4.69, 9.17) is 4.74 Å². The van der Waals surface area contributed by atoms with Gasteiger partial charge in [-0.1, -0.05) is 73.2 Å². The van der Waals surface area contributed by atoms with Crippen LogP contribution in [0.3, 0.4) is 0 Å². The zero-order valence-electron chi connectivity index (χ0n) is 15.4. The van der Waals surface area contributed by atoms with Crippen LogP contribution in [0, 0.1) is 0 Å². The lowest BCUT2D eigenvalue weighted by Gasteiger charge is -2.33. The molecule has 1 unspecified atom stereocenters. The van der Waals surface area contributed by atoms with Crippen LogP contribution in [0.25, 0.3) is 5.57 Å². The minimum absolute atomic E-state index is 0.0842. The number of ether oxygens (including phenoxy) is 1. The van der Waals surface area contributed by atoms with Crippen molar-refractivity contribution in [3.8, 4) is 0 Å². The SMILES string of the molecule is COC(=O)C1CCCCN1CCC=C(c1ccccc1)c1ccccc1. The van der Waals surface area contributed by atoms with Gasteiger partial charge in [0.25, 0.3) is 0 Å². The Kier molecular flexibility index (Phi) is 6.62. The van der Waals surface area contributed by atoms with Gasteiger partial charge in [0.1, 0.15) is 6.04 Å². The number of hydrogen-bond donors (Lipinski definition) is 0. The van der Waals surface area contributed by atoms with E-state index < -0.39 is 0 Å². The normalized spacial score (nSPS) is 17.5. The molecule has 1 fully saturated rings. The highest BCUT2D eigenvalue weighted by molar-refractivity contribution is 5.79. The third-order valence-corrected chi connectivity index (χ3v) is 5.02. The second-order valence-electron chi connectivity index (χ2n) is 6.71. The minimum atomic E-state index is -0.0972. The first kappa shape index (κ1) is 18.4. The van der Waals surface area contributed by atoms with Gasteiger partial charge < -0.3 is 4.74 Å². The first-order chi connectivity index (χ1) is 12.8. The molecule has 0 amide bonds. The highest BCUT2D eigenvalue weighted by atomic mass is 16.5. The van der Waals surface area contributed by atoms with Crippen molar-refractivity contribution in [3.05, 3.63) is 77.9 Å². The molecule has 136 valence electrons. The Bertz CT molecular complexity index is 683. The maximum atomic E-state index is 12.0. The van der Waals surface area contributed by atoms with E-state index in [2.05, 4.69) is 59.5 Å². The van der Waals surface area contributed by atoms with Gasteiger partial charge in [-0.15, -0.1) is 0 Å². The molecule has 1 heterocycles. The molecule has 1 atom stereocenters. The summed E-state index contributed by atoms with van der Waals surface area (Å²) in [6.45, 7) is 1.85. The van der Waals surface area contributed by atoms with Crippen molar-refractivity contribution in [1.82, 2.24) is 4.90 Å². The average molecular weight is 349 g/mol. The summed E-state index contributed by atoms with van der Waals surface area (Å²) in [6.07, 6.45) is 6.37. The maximum Gasteiger partial charge on any atom is 0.323 e. The molecule has 1 saturated heterocycles. The number of rotatable bonds is 6. The molecule has 2 aromatic carbocycles. The number of hydrogen-bond acceptors (Lipinski definition) is 3. The number of likely N-dealkylation sites (tertiary alicyclic amines) is 1. The van der Waals surface area contributed by atoms with E-state index in [1.165, 1.54) is 23.8 Å². The highest BCUT2D eigenvalue weighted by Gasteiger charge is 2.28. The number of carbonyl (C=O) groups excluding carboxylic acids is 1. The Hall–Kier alpha value is -2.39. The predicted molar refractivity (Wildman–Crippen MR) is 106 cm³/mol. The average Bonchev–Trinajstić information content (AvgIpc) is 2.72. The highest BCUT2D eigenvalue weighted by Crippen LogP contribution is 2.24. The number of benzene rings is 2. The Morgan fingerprint density at radius 3 is 2.23 bits per heavy atom. The first-order valence-electron chi connectivity index (χ1n) is 9.42. The molecule has 3 rings (SSSR count). The predicted octanol–water partition coefficient (Wildman–Crippen LogP) is 4.54. The van der Waals surface area contributed by atoms with Gasteiger partial charge in [0, 0.05) is 6.54 Å². The summed E-state index contributed by atoms with van der Waals surface area (Å²) >= 11 is 0. The van der Waals surface area contributed by atoms with Crippen molar-refractivity contribution in [2.24, 2.45) is 0 Å². The Balaban J connectivity index is 1.75. The van der Waals surface area contributed by atoms with Gasteiger partial charge in [0.2, 0.25) is 0 Å². The largest absolute Gasteiger partial charge is 0.468 e. The monoisotopic (exact) mass is 349 g/mol. The number of piperidine rings is 1. The van der Waals surface area contributed by atoms with Crippen LogP contribution in [-0.2, 0) is 9.53 Å². The summed E-state index contributed by atoms with van der Waals surface area (Å²) in [7, 11) is 1.48. The van der Waals surface area contributed by atoms with Crippen molar-refractivity contribution in [1.29, 1.82) is 0 Å². The van der Waals surface area contributed by atoms with Gasteiger partial charge in [0.05, 0.1) is 7.11 Å². The summed E-state index contributed by atoms with van der Waals surface area (Å²) in [5, 5.41) is 0. The topological polar surface area (TPSA) is 29.5 Å². The molecule has 0 radical (unpaired) electrons. The number of methoxy groups -OCH3 is 1. The zero-order valence-corrected chi connectivity index (χ0v) is 15.4. The van der Waals surface area contributed by atoms with Gasteiger partial charge in [-0.25, -0.2) is 0 Å². The van der Waals surface area contributed by atoms with Crippen LogP contribution in [0.15, 0.2) is 66.7 Å². The van der Waals surface area contributed by atoms with Crippen molar-refractivity contribution >= 4 is 11.5 Å². The van der Waals surface area contributed by atoms with E-state index in [1.54, 1.807) is 0 Å².